The summed E-state index contributed by atoms with van der Waals surface area (Å²) in [4.78, 5) is 2.56. The summed E-state index contributed by atoms with van der Waals surface area (Å²) in [5.41, 5.74) is 20.2. The summed E-state index contributed by atoms with van der Waals surface area (Å²) in [5.74, 6) is 0. The first-order valence-corrected chi connectivity index (χ1v) is 18.9. The molecule has 0 amide bonds. The van der Waals surface area contributed by atoms with E-state index in [4.69, 9.17) is 4.42 Å². The fourth-order valence-corrected chi connectivity index (χ4v) is 9.81. The molecule has 0 unspecified atom stereocenters. The number of aryl methyl sites for hydroxylation is 1. The van der Waals surface area contributed by atoms with Gasteiger partial charge in [-0.1, -0.05) is 114 Å². The Bertz CT molecular complexity index is 2640. The van der Waals surface area contributed by atoms with E-state index < -0.39 is 0 Å². The highest BCUT2D eigenvalue weighted by atomic mass is 16.3. The van der Waals surface area contributed by atoms with E-state index in [-0.39, 0.29) is 16.2 Å². The average molecular weight is 677 g/mol. The van der Waals surface area contributed by atoms with Crippen molar-refractivity contribution in [2.24, 2.45) is 0 Å². The lowest BCUT2D eigenvalue weighted by molar-refractivity contribution is 0.332. The molecular formula is C48H45BN2O. The summed E-state index contributed by atoms with van der Waals surface area (Å²) in [6.45, 7) is 16.6. The first-order valence-electron chi connectivity index (χ1n) is 18.9. The molecule has 3 nitrogen and oxygen atoms in total. The van der Waals surface area contributed by atoms with Crippen molar-refractivity contribution in [3.05, 3.63) is 137 Å². The molecule has 1 aromatic heterocycles. The van der Waals surface area contributed by atoms with Gasteiger partial charge in [-0.05, 0) is 112 Å². The Hall–Kier alpha value is -5.22. The third-order valence-corrected chi connectivity index (χ3v) is 12.8. The van der Waals surface area contributed by atoms with Crippen molar-refractivity contribution in [2.45, 2.75) is 77.6 Å². The number of nitrogens with one attached hydrogen (secondary N) is 1. The Kier molecular flexibility index (Phi) is 6.46. The molecule has 7 aromatic rings. The van der Waals surface area contributed by atoms with E-state index in [0.29, 0.717) is 0 Å². The van der Waals surface area contributed by atoms with Gasteiger partial charge in [-0.3, -0.25) is 0 Å². The van der Waals surface area contributed by atoms with Gasteiger partial charge < -0.3 is 14.6 Å². The standard InChI is InChI=1S/C48H45BN2O/c1-28-25-32(43-39(26-28)51-38-17-10-9-14-34(38)48(6,7)35-15-12-16-37(49-43)45(35)51)30-20-22-41-42(31-13-8-11-18-40(31)52-41)44(30)50-29-19-21-33-36(27-29)47(4,5)24-23-46(33,2)3/h8-22,25-27,49-50H,23-24H2,1-7H3. The van der Waals surface area contributed by atoms with Crippen LogP contribution in [0.1, 0.15) is 82.2 Å². The summed E-state index contributed by atoms with van der Waals surface area (Å²) < 4.78 is 6.52. The molecule has 3 heterocycles. The van der Waals surface area contributed by atoms with Crippen LogP contribution in [0.3, 0.4) is 0 Å². The van der Waals surface area contributed by atoms with Crippen molar-refractivity contribution in [1.29, 1.82) is 0 Å². The topological polar surface area (TPSA) is 28.4 Å². The molecule has 0 spiro atoms. The number of hydrogen-bond acceptors (Lipinski definition) is 3. The molecule has 0 atom stereocenters. The summed E-state index contributed by atoms with van der Waals surface area (Å²) in [6, 6.07) is 40.8. The second-order valence-corrected chi connectivity index (χ2v) is 17.4. The highest BCUT2D eigenvalue weighted by Crippen LogP contribution is 2.53. The zero-order valence-corrected chi connectivity index (χ0v) is 31.4. The minimum atomic E-state index is -0.0916. The van der Waals surface area contributed by atoms with E-state index in [2.05, 4.69) is 168 Å². The number of hydrogen-bond donors (Lipinski definition) is 1. The molecule has 10 rings (SSSR count). The lowest BCUT2D eigenvalue weighted by atomic mass is 9.56. The maximum absolute atomic E-state index is 6.52. The van der Waals surface area contributed by atoms with Gasteiger partial charge in [0.25, 0.3) is 0 Å². The number of fused-ring (bicyclic) bond motifs is 8. The molecule has 1 N–H and O–H groups in total. The second-order valence-electron chi connectivity index (χ2n) is 17.4. The molecule has 0 saturated heterocycles. The summed E-state index contributed by atoms with van der Waals surface area (Å²) in [5, 5.41) is 6.31. The SMILES string of the molecule is Cc1cc(-c2ccc3oc4ccccc4c3c2Nc2ccc3c(c2)C(C)(C)CCC3(C)C)c2c(c1)N1c3ccccc3C(C)(C)c3cccc(c31)B2. The molecule has 0 radical (unpaired) electrons. The van der Waals surface area contributed by atoms with Crippen LogP contribution in [0.4, 0.5) is 28.4 Å². The van der Waals surface area contributed by atoms with Crippen molar-refractivity contribution in [3.8, 4) is 11.1 Å². The van der Waals surface area contributed by atoms with Crippen LogP contribution in [0.25, 0.3) is 33.1 Å². The van der Waals surface area contributed by atoms with Crippen molar-refractivity contribution < 1.29 is 4.42 Å². The number of nitrogens with zero attached hydrogens (tertiary/aromatic N) is 1. The molecule has 52 heavy (non-hydrogen) atoms. The molecule has 3 aliphatic rings. The smallest absolute Gasteiger partial charge is 0.198 e. The lowest BCUT2D eigenvalue weighted by Gasteiger charge is -2.46. The monoisotopic (exact) mass is 676 g/mol. The Balaban J connectivity index is 1.23. The third-order valence-electron chi connectivity index (χ3n) is 12.8. The van der Waals surface area contributed by atoms with Gasteiger partial charge >= 0.3 is 0 Å². The van der Waals surface area contributed by atoms with Crippen LogP contribution in [-0.2, 0) is 16.2 Å². The van der Waals surface area contributed by atoms with Gasteiger partial charge in [0.05, 0.1) is 16.8 Å². The van der Waals surface area contributed by atoms with Crippen LogP contribution in [0.15, 0.2) is 114 Å². The van der Waals surface area contributed by atoms with Crippen LogP contribution in [0.2, 0.25) is 0 Å². The highest BCUT2D eigenvalue weighted by Gasteiger charge is 2.41. The summed E-state index contributed by atoms with van der Waals surface area (Å²) in [6.07, 6.45) is 2.38. The maximum Gasteiger partial charge on any atom is 0.198 e. The molecule has 0 saturated carbocycles. The molecule has 256 valence electrons. The van der Waals surface area contributed by atoms with E-state index in [9.17, 15) is 0 Å². The van der Waals surface area contributed by atoms with Crippen molar-refractivity contribution in [2.75, 3.05) is 10.2 Å². The van der Waals surface area contributed by atoms with Gasteiger partial charge in [0.1, 0.15) is 11.2 Å². The molecule has 0 bridgehead atoms. The van der Waals surface area contributed by atoms with E-state index in [1.165, 1.54) is 79.8 Å². The zero-order valence-electron chi connectivity index (χ0n) is 31.4. The fraction of sp³-hybridized carbons (Fsp3) is 0.250. The number of rotatable bonds is 3. The molecule has 4 heteroatoms. The van der Waals surface area contributed by atoms with Crippen LogP contribution in [0, 0.1) is 6.92 Å². The van der Waals surface area contributed by atoms with Gasteiger partial charge in [-0.15, -0.1) is 0 Å². The molecule has 1 aliphatic carbocycles. The van der Waals surface area contributed by atoms with E-state index in [1.54, 1.807) is 0 Å². The van der Waals surface area contributed by atoms with Crippen LogP contribution < -0.4 is 21.1 Å². The third kappa shape index (κ3) is 4.39. The predicted octanol–water partition coefficient (Wildman–Crippen LogP) is 11.5. The van der Waals surface area contributed by atoms with Crippen LogP contribution in [-0.4, -0.2) is 7.28 Å². The lowest BCUT2D eigenvalue weighted by Crippen LogP contribution is -2.45. The van der Waals surface area contributed by atoms with Crippen LogP contribution in [0.5, 0.6) is 0 Å². The normalized spacial score (nSPS) is 17.2. The quantitative estimate of drug-likeness (QED) is 0.189. The van der Waals surface area contributed by atoms with Gasteiger partial charge in [-0.2, -0.15) is 0 Å². The van der Waals surface area contributed by atoms with E-state index >= 15 is 0 Å². The second kappa shape index (κ2) is 10.7. The Morgan fingerprint density at radius 1 is 0.635 bits per heavy atom. The molecular weight excluding hydrogens is 631 g/mol. The minimum absolute atomic E-state index is 0.0916. The van der Waals surface area contributed by atoms with Crippen LogP contribution >= 0.6 is 0 Å². The molecule has 0 fully saturated rings. The first kappa shape index (κ1) is 31.5. The van der Waals surface area contributed by atoms with E-state index in [1.807, 2.05) is 0 Å². The predicted molar refractivity (Wildman–Crippen MR) is 222 cm³/mol. The minimum Gasteiger partial charge on any atom is -0.456 e. The Morgan fingerprint density at radius 2 is 1.38 bits per heavy atom. The maximum atomic E-state index is 6.52. The number of para-hydroxylation sites is 3. The number of benzene rings is 6. The van der Waals surface area contributed by atoms with Crippen molar-refractivity contribution in [1.82, 2.24) is 0 Å². The van der Waals surface area contributed by atoms with E-state index in [0.717, 1.165) is 40.6 Å². The zero-order chi connectivity index (χ0) is 35.7. The molecule has 6 aromatic carbocycles. The molecule has 2 aliphatic heterocycles. The number of anilines is 5. The summed E-state index contributed by atoms with van der Waals surface area (Å²) >= 11 is 0. The van der Waals surface area contributed by atoms with Gasteiger partial charge in [-0.25, -0.2) is 0 Å². The fourth-order valence-electron chi connectivity index (χ4n) is 9.81. The summed E-state index contributed by atoms with van der Waals surface area (Å²) in [7, 11) is 0.870. The number of furan rings is 1. The Labute approximate surface area is 307 Å². The Morgan fingerprint density at radius 3 is 2.23 bits per heavy atom. The highest BCUT2D eigenvalue weighted by molar-refractivity contribution is 6.73. The van der Waals surface area contributed by atoms with Crippen molar-refractivity contribution in [3.63, 3.8) is 0 Å². The first-order chi connectivity index (χ1) is 24.9. The van der Waals surface area contributed by atoms with Gasteiger partial charge in [0.15, 0.2) is 7.28 Å². The van der Waals surface area contributed by atoms with Gasteiger partial charge in [0.2, 0.25) is 0 Å². The largest absolute Gasteiger partial charge is 0.456 e. The van der Waals surface area contributed by atoms with Gasteiger partial charge in [0, 0.05) is 33.4 Å². The average Bonchev–Trinajstić information content (AvgIpc) is 3.51. The van der Waals surface area contributed by atoms with Crippen molar-refractivity contribution >= 4 is 68.6 Å².